The zero-order valence-corrected chi connectivity index (χ0v) is 9.07. The number of halogens is 3. The van der Waals surface area contributed by atoms with Gasteiger partial charge in [0.2, 0.25) is 0 Å². The van der Waals surface area contributed by atoms with Crippen molar-refractivity contribution in [2.24, 2.45) is 0 Å². The molecule has 1 aromatic carbocycles. The number of hydrogen-bond acceptors (Lipinski definition) is 1. The van der Waals surface area contributed by atoms with E-state index in [2.05, 4.69) is 27.8 Å². The van der Waals surface area contributed by atoms with Gasteiger partial charge in [0.05, 0.1) is 0 Å². The molecule has 0 unspecified atom stereocenters. The Morgan fingerprint density at radius 2 is 1.93 bits per heavy atom. The zero-order valence-electron chi connectivity index (χ0n) is 7.49. The van der Waals surface area contributed by atoms with Crippen LogP contribution >= 0.6 is 15.9 Å². The molecule has 0 saturated heterocycles. The lowest BCUT2D eigenvalue weighted by molar-refractivity contribution is 0.586. The van der Waals surface area contributed by atoms with Gasteiger partial charge in [-0.25, -0.2) is 8.78 Å². The monoisotopic (exact) mass is 261 g/mol. The Morgan fingerprint density at radius 3 is 2.43 bits per heavy atom. The van der Waals surface area contributed by atoms with E-state index in [1.807, 2.05) is 0 Å². The first kappa shape index (κ1) is 11.2. The van der Waals surface area contributed by atoms with E-state index in [4.69, 9.17) is 0 Å². The maximum absolute atomic E-state index is 13.2. The minimum Gasteiger partial charge on any atom is -0.380 e. The van der Waals surface area contributed by atoms with Crippen molar-refractivity contribution in [3.05, 3.63) is 40.9 Å². The molecular formula is C10H10BrF2N. The van der Waals surface area contributed by atoms with Crippen molar-refractivity contribution in [1.29, 1.82) is 0 Å². The fraction of sp³-hybridized carbons (Fsp3) is 0.200. The molecule has 0 aliphatic rings. The molecule has 1 nitrogen and oxygen atoms in total. The third-order valence-electron chi connectivity index (χ3n) is 1.66. The zero-order chi connectivity index (χ0) is 10.6. The van der Waals surface area contributed by atoms with Crippen LogP contribution < -0.4 is 5.32 Å². The summed E-state index contributed by atoms with van der Waals surface area (Å²) in [5.41, 5.74) is -0.0879. The van der Waals surface area contributed by atoms with E-state index in [1.54, 1.807) is 6.08 Å². The van der Waals surface area contributed by atoms with Crippen molar-refractivity contribution in [2.75, 3.05) is 11.9 Å². The van der Waals surface area contributed by atoms with Gasteiger partial charge in [-0.2, -0.15) is 0 Å². The van der Waals surface area contributed by atoms with Crippen molar-refractivity contribution in [3.63, 3.8) is 0 Å². The molecule has 0 fully saturated rings. The quantitative estimate of drug-likeness (QED) is 0.644. The highest BCUT2D eigenvalue weighted by atomic mass is 79.9. The van der Waals surface area contributed by atoms with Crippen LogP contribution in [0, 0.1) is 11.6 Å². The van der Waals surface area contributed by atoms with Crippen LogP contribution in [0.3, 0.4) is 0 Å². The van der Waals surface area contributed by atoms with Gasteiger partial charge in [-0.15, -0.1) is 6.58 Å². The van der Waals surface area contributed by atoms with Crippen LogP contribution in [0.5, 0.6) is 0 Å². The number of rotatable bonds is 4. The molecule has 0 amide bonds. The summed E-state index contributed by atoms with van der Waals surface area (Å²) in [4.78, 5) is 0. The highest BCUT2D eigenvalue weighted by Crippen LogP contribution is 2.23. The Hall–Kier alpha value is -0.900. The van der Waals surface area contributed by atoms with Crippen LogP contribution in [0.15, 0.2) is 29.3 Å². The standard InChI is InChI=1S/C10H10BrF2N/c1-2-3-4-14-10-8(12)5-7(11)6-9(10)13/h2,5-6,14H,1,3-4H2. The summed E-state index contributed by atoms with van der Waals surface area (Å²) < 4.78 is 26.8. The number of anilines is 1. The molecule has 0 aromatic heterocycles. The van der Waals surface area contributed by atoms with E-state index in [0.717, 1.165) is 0 Å². The van der Waals surface area contributed by atoms with Crippen molar-refractivity contribution in [2.45, 2.75) is 6.42 Å². The normalized spacial score (nSPS) is 9.93. The molecule has 1 N–H and O–H groups in total. The second-order valence-electron chi connectivity index (χ2n) is 2.75. The van der Waals surface area contributed by atoms with Crippen LogP contribution in [0.1, 0.15) is 6.42 Å². The topological polar surface area (TPSA) is 12.0 Å². The third-order valence-corrected chi connectivity index (χ3v) is 2.11. The van der Waals surface area contributed by atoms with E-state index in [0.29, 0.717) is 17.4 Å². The minimum absolute atomic E-state index is 0.0879. The Bertz CT molecular complexity index is 316. The van der Waals surface area contributed by atoms with Gasteiger partial charge >= 0.3 is 0 Å². The van der Waals surface area contributed by atoms with Gasteiger partial charge in [0.1, 0.15) is 17.3 Å². The minimum atomic E-state index is -0.596. The summed E-state index contributed by atoms with van der Waals surface area (Å²) in [6.45, 7) is 3.99. The molecule has 0 saturated carbocycles. The van der Waals surface area contributed by atoms with E-state index in [9.17, 15) is 8.78 Å². The molecule has 0 aliphatic carbocycles. The fourth-order valence-electron chi connectivity index (χ4n) is 1.01. The molecule has 14 heavy (non-hydrogen) atoms. The van der Waals surface area contributed by atoms with E-state index >= 15 is 0 Å². The Morgan fingerprint density at radius 1 is 1.36 bits per heavy atom. The lowest BCUT2D eigenvalue weighted by Crippen LogP contribution is -2.04. The van der Waals surface area contributed by atoms with E-state index < -0.39 is 11.6 Å². The average molecular weight is 262 g/mol. The first-order chi connectivity index (χ1) is 6.65. The summed E-state index contributed by atoms with van der Waals surface area (Å²) in [5.74, 6) is -1.19. The second-order valence-corrected chi connectivity index (χ2v) is 3.66. The number of nitrogens with one attached hydrogen (secondary N) is 1. The Kier molecular flexibility index (Phi) is 4.07. The molecule has 0 atom stereocenters. The SMILES string of the molecule is C=CCCNc1c(F)cc(Br)cc1F. The first-order valence-corrected chi connectivity index (χ1v) is 4.93. The van der Waals surface area contributed by atoms with Crippen molar-refractivity contribution in [1.82, 2.24) is 0 Å². The predicted octanol–water partition coefficient (Wildman–Crippen LogP) is 3.72. The molecule has 0 heterocycles. The first-order valence-electron chi connectivity index (χ1n) is 4.14. The van der Waals surface area contributed by atoms with Crippen LogP contribution in [0.25, 0.3) is 0 Å². The fourth-order valence-corrected chi connectivity index (χ4v) is 1.41. The summed E-state index contributed by atoms with van der Waals surface area (Å²) >= 11 is 3.00. The average Bonchev–Trinajstić information content (AvgIpc) is 2.09. The van der Waals surface area contributed by atoms with Gasteiger partial charge in [-0.1, -0.05) is 22.0 Å². The summed E-state index contributed by atoms with van der Waals surface area (Å²) in [5, 5.41) is 2.67. The third kappa shape index (κ3) is 2.80. The van der Waals surface area contributed by atoms with E-state index in [-0.39, 0.29) is 5.69 Å². The maximum Gasteiger partial charge on any atom is 0.150 e. The highest BCUT2D eigenvalue weighted by molar-refractivity contribution is 9.10. The van der Waals surface area contributed by atoms with Crippen molar-refractivity contribution < 1.29 is 8.78 Å². The van der Waals surface area contributed by atoms with Crippen molar-refractivity contribution in [3.8, 4) is 0 Å². The van der Waals surface area contributed by atoms with Gasteiger partial charge in [0, 0.05) is 11.0 Å². The molecule has 1 rings (SSSR count). The number of benzene rings is 1. The van der Waals surface area contributed by atoms with Crippen molar-refractivity contribution >= 4 is 21.6 Å². The molecular weight excluding hydrogens is 252 g/mol. The smallest absolute Gasteiger partial charge is 0.150 e. The Balaban J connectivity index is 2.80. The van der Waals surface area contributed by atoms with Gasteiger partial charge < -0.3 is 5.32 Å². The van der Waals surface area contributed by atoms with E-state index in [1.165, 1.54) is 12.1 Å². The van der Waals surface area contributed by atoms with Crippen LogP contribution in [0.4, 0.5) is 14.5 Å². The molecule has 0 spiro atoms. The Labute approximate surface area is 90.0 Å². The molecule has 1 aromatic rings. The predicted molar refractivity (Wildman–Crippen MR) is 57.4 cm³/mol. The lowest BCUT2D eigenvalue weighted by Gasteiger charge is -2.07. The summed E-state index contributed by atoms with van der Waals surface area (Å²) in [7, 11) is 0. The van der Waals surface area contributed by atoms with Gasteiger partial charge in [0.25, 0.3) is 0 Å². The molecule has 0 aliphatic heterocycles. The summed E-state index contributed by atoms with van der Waals surface area (Å²) in [6.07, 6.45) is 2.34. The molecule has 0 radical (unpaired) electrons. The maximum atomic E-state index is 13.2. The molecule has 0 bridgehead atoms. The van der Waals surface area contributed by atoms with Crippen LogP contribution in [-0.4, -0.2) is 6.54 Å². The summed E-state index contributed by atoms with van der Waals surface area (Å²) in [6, 6.07) is 2.44. The van der Waals surface area contributed by atoms with Crippen LogP contribution in [-0.2, 0) is 0 Å². The van der Waals surface area contributed by atoms with Crippen LogP contribution in [0.2, 0.25) is 0 Å². The van der Waals surface area contributed by atoms with Gasteiger partial charge in [-0.3, -0.25) is 0 Å². The lowest BCUT2D eigenvalue weighted by atomic mass is 10.3. The second kappa shape index (κ2) is 5.10. The highest BCUT2D eigenvalue weighted by Gasteiger charge is 2.08. The van der Waals surface area contributed by atoms with Gasteiger partial charge in [-0.05, 0) is 18.6 Å². The molecule has 4 heteroatoms. The number of hydrogen-bond donors (Lipinski definition) is 1. The largest absolute Gasteiger partial charge is 0.380 e. The molecule has 76 valence electrons. The van der Waals surface area contributed by atoms with Gasteiger partial charge in [0.15, 0.2) is 0 Å².